The van der Waals surface area contributed by atoms with Crippen molar-refractivity contribution in [1.82, 2.24) is 10.2 Å². The van der Waals surface area contributed by atoms with E-state index >= 15 is 0 Å². The summed E-state index contributed by atoms with van der Waals surface area (Å²) in [6.07, 6.45) is 0.469. The van der Waals surface area contributed by atoms with E-state index in [-0.39, 0.29) is 24.2 Å². The van der Waals surface area contributed by atoms with Gasteiger partial charge in [0.15, 0.2) is 6.61 Å². The first kappa shape index (κ1) is 22.4. The number of hydrogen-bond acceptors (Lipinski definition) is 3. The van der Waals surface area contributed by atoms with Crippen molar-refractivity contribution in [2.75, 3.05) is 6.61 Å². The number of rotatable bonds is 8. The van der Waals surface area contributed by atoms with Crippen LogP contribution in [0.15, 0.2) is 54.6 Å². The summed E-state index contributed by atoms with van der Waals surface area (Å²) >= 11 is 0. The fourth-order valence-electron chi connectivity index (χ4n) is 2.91. The maximum absolute atomic E-state index is 13.1. The lowest BCUT2D eigenvalue weighted by Crippen LogP contribution is -2.54. The lowest BCUT2D eigenvalue weighted by molar-refractivity contribution is -0.143. The summed E-state index contributed by atoms with van der Waals surface area (Å²) in [5.41, 5.74) is 0.515. The van der Waals surface area contributed by atoms with Gasteiger partial charge in [-0.05, 0) is 57.0 Å². The van der Waals surface area contributed by atoms with E-state index in [9.17, 15) is 14.0 Å². The Kier molecular flexibility index (Phi) is 7.76. The third-order valence-corrected chi connectivity index (χ3v) is 4.26. The van der Waals surface area contributed by atoms with Gasteiger partial charge in [-0.15, -0.1) is 0 Å². The normalized spacial score (nSPS) is 12.2. The number of carbonyl (C=O) groups is 2. The molecule has 29 heavy (non-hydrogen) atoms. The number of benzene rings is 2. The number of carbonyl (C=O) groups excluding carboxylic acids is 2. The van der Waals surface area contributed by atoms with Crippen LogP contribution in [0, 0.1) is 5.82 Å². The molecule has 5 nitrogen and oxygen atoms in total. The van der Waals surface area contributed by atoms with Gasteiger partial charge in [-0.25, -0.2) is 4.39 Å². The van der Waals surface area contributed by atoms with E-state index in [1.807, 2.05) is 58.0 Å². The fourth-order valence-corrected chi connectivity index (χ4v) is 2.91. The van der Waals surface area contributed by atoms with Crippen LogP contribution >= 0.6 is 0 Å². The van der Waals surface area contributed by atoms with Crippen LogP contribution in [0.5, 0.6) is 5.75 Å². The van der Waals surface area contributed by atoms with Crippen LogP contribution in [-0.4, -0.2) is 34.9 Å². The van der Waals surface area contributed by atoms with Gasteiger partial charge in [0.05, 0.1) is 0 Å². The Hall–Kier alpha value is -2.89. The molecule has 1 N–H and O–H groups in total. The topological polar surface area (TPSA) is 58.6 Å². The minimum atomic E-state index is -0.626. The lowest BCUT2D eigenvalue weighted by atomic mass is 10.1. The molecule has 6 heteroatoms. The first-order chi connectivity index (χ1) is 13.7. The highest BCUT2D eigenvalue weighted by Crippen LogP contribution is 2.16. The SMILES string of the molecule is CC[C@H](C(=O)NC(C)(C)C)N(Cc1ccccc1)C(=O)COc1ccc(F)cc1. The molecule has 0 saturated heterocycles. The molecule has 0 spiro atoms. The van der Waals surface area contributed by atoms with Gasteiger partial charge < -0.3 is 15.0 Å². The molecule has 0 aromatic heterocycles. The number of ether oxygens (including phenoxy) is 1. The zero-order valence-electron chi connectivity index (χ0n) is 17.4. The highest BCUT2D eigenvalue weighted by Gasteiger charge is 2.30. The van der Waals surface area contributed by atoms with Crippen molar-refractivity contribution < 1.29 is 18.7 Å². The van der Waals surface area contributed by atoms with Crippen molar-refractivity contribution >= 4 is 11.8 Å². The Balaban J connectivity index is 2.19. The maximum atomic E-state index is 13.1. The molecule has 0 aliphatic rings. The summed E-state index contributed by atoms with van der Waals surface area (Å²) in [5.74, 6) is -0.494. The van der Waals surface area contributed by atoms with Crippen molar-refractivity contribution in [3.05, 3.63) is 66.0 Å². The molecule has 1 atom stereocenters. The van der Waals surface area contributed by atoms with Gasteiger partial charge in [-0.1, -0.05) is 37.3 Å². The molecule has 0 aliphatic heterocycles. The summed E-state index contributed by atoms with van der Waals surface area (Å²) in [7, 11) is 0. The molecule has 0 fully saturated rings. The molecule has 0 aliphatic carbocycles. The third kappa shape index (κ3) is 7.22. The Morgan fingerprint density at radius 1 is 1.07 bits per heavy atom. The number of amides is 2. The standard InChI is InChI=1S/C23H29FN2O3/c1-5-20(22(28)25-23(2,3)4)26(15-17-9-7-6-8-10-17)21(27)16-29-19-13-11-18(24)12-14-19/h6-14,20H,5,15-16H2,1-4H3,(H,25,28)/t20-/m1/s1. The van der Waals surface area contributed by atoms with E-state index in [0.29, 0.717) is 18.7 Å². The van der Waals surface area contributed by atoms with E-state index in [1.54, 1.807) is 4.90 Å². The number of hydrogen-bond donors (Lipinski definition) is 1. The van der Waals surface area contributed by atoms with Crippen molar-refractivity contribution in [3.8, 4) is 5.75 Å². The van der Waals surface area contributed by atoms with Crippen molar-refractivity contribution in [2.24, 2.45) is 0 Å². The van der Waals surface area contributed by atoms with E-state index in [0.717, 1.165) is 5.56 Å². The number of nitrogens with one attached hydrogen (secondary N) is 1. The van der Waals surface area contributed by atoms with Crippen LogP contribution in [0.25, 0.3) is 0 Å². The average Bonchev–Trinajstić information content (AvgIpc) is 2.66. The largest absolute Gasteiger partial charge is 0.484 e. The second-order valence-corrected chi connectivity index (χ2v) is 7.91. The number of nitrogens with zero attached hydrogens (tertiary/aromatic N) is 1. The quantitative estimate of drug-likeness (QED) is 0.731. The minimum absolute atomic E-state index is 0.203. The van der Waals surface area contributed by atoms with Crippen LogP contribution < -0.4 is 10.1 Å². The van der Waals surface area contributed by atoms with E-state index in [1.165, 1.54) is 24.3 Å². The van der Waals surface area contributed by atoms with Crippen LogP contribution in [0.2, 0.25) is 0 Å². The predicted octanol–water partition coefficient (Wildman–Crippen LogP) is 3.93. The smallest absolute Gasteiger partial charge is 0.261 e. The Morgan fingerprint density at radius 2 is 1.69 bits per heavy atom. The van der Waals surface area contributed by atoms with E-state index in [2.05, 4.69) is 5.32 Å². The molecule has 2 rings (SSSR count). The summed E-state index contributed by atoms with van der Waals surface area (Å²) in [6.45, 7) is 7.63. The van der Waals surface area contributed by atoms with Gasteiger partial charge in [0.25, 0.3) is 5.91 Å². The molecule has 156 valence electrons. The number of halogens is 1. The van der Waals surface area contributed by atoms with E-state index in [4.69, 9.17) is 4.74 Å². The molecule has 2 aromatic carbocycles. The van der Waals surface area contributed by atoms with Crippen molar-refractivity contribution in [1.29, 1.82) is 0 Å². The predicted molar refractivity (Wildman–Crippen MR) is 111 cm³/mol. The van der Waals surface area contributed by atoms with Gasteiger partial charge in [-0.3, -0.25) is 9.59 Å². The van der Waals surface area contributed by atoms with Crippen LogP contribution in [-0.2, 0) is 16.1 Å². The van der Waals surface area contributed by atoms with Gasteiger partial charge in [-0.2, -0.15) is 0 Å². The van der Waals surface area contributed by atoms with Crippen molar-refractivity contribution in [3.63, 3.8) is 0 Å². The zero-order chi connectivity index (χ0) is 21.4. The second-order valence-electron chi connectivity index (χ2n) is 7.91. The zero-order valence-corrected chi connectivity index (χ0v) is 17.4. The van der Waals surface area contributed by atoms with Crippen LogP contribution in [0.1, 0.15) is 39.7 Å². The van der Waals surface area contributed by atoms with Gasteiger partial charge in [0.1, 0.15) is 17.6 Å². The molecule has 0 heterocycles. The maximum Gasteiger partial charge on any atom is 0.261 e. The van der Waals surface area contributed by atoms with Crippen LogP contribution in [0.3, 0.4) is 0 Å². The molecule has 2 aromatic rings. The first-order valence-corrected chi connectivity index (χ1v) is 9.73. The average molecular weight is 400 g/mol. The van der Waals surface area contributed by atoms with Gasteiger partial charge >= 0.3 is 0 Å². The highest BCUT2D eigenvalue weighted by molar-refractivity contribution is 5.88. The Morgan fingerprint density at radius 3 is 2.24 bits per heavy atom. The summed E-state index contributed by atoms with van der Waals surface area (Å²) in [4.78, 5) is 27.4. The van der Waals surface area contributed by atoms with E-state index < -0.39 is 11.6 Å². The third-order valence-electron chi connectivity index (χ3n) is 4.26. The first-order valence-electron chi connectivity index (χ1n) is 9.73. The fraction of sp³-hybridized carbons (Fsp3) is 0.391. The molecule has 0 bridgehead atoms. The lowest BCUT2D eigenvalue weighted by Gasteiger charge is -2.33. The second kappa shape index (κ2) is 10.0. The Labute approximate surface area is 171 Å². The van der Waals surface area contributed by atoms with Crippen molar-refractivity contribution in [2.45, 2.75) is 52.2 Å². The van der Waals surface area contributed by atoms with Gasteiger partial charge in [0, 0.05) is 12.1 Å². The molecular formula is C23H29FN2O3. The summed E-state index contributed by atoms with van der Waals surface area (Å²) < 4.78 is 18.6. The highest BCUT2D eigenvalue weighted by atomic mass is 19.1. The molecule has 0 unspecified atom stereocenters. The van der Waals surface area contributed by atoms with Gasteiger partial charge in [0.2, 0.25) is 5.91 Å². The Bertz CT molecular complexity index is 801. The molecule has 0 radical (unpaired) electrons. The van der Waals surface area contributed by atoms with Crippen LogP contribution in [0.4, 0.5) is 4.39 Å². The monoisotopic (exact) mass is 400 g/mol. The summed E-state index contributed by atoms with van der Waals surface area (Å²) in [6, 6.07) is 14.4. The molecule has 2 amide bonds. The minimum Gasteiger partial charge on any atom is -0.484 e. The molecule has 0 saturated carbocycles. The summed E-state index contributed by atoms with van der Waals surface area (Å²) in [5, 5.41) is 2.96. The molecular weight excluding hydrogens is 371 g/mol.